The summed E-state index contributed by atoms with van der Waals surface area (Å²) < 4.78 is 14.7. The Bertz CT molecular complexity index is 873. The quantitative estimate of drug-likeness (QED) is 0.732. The standard InChI is InChI=1S/C19H17ClFN3O/c1-2-11-22-19(25)18-12-17(13-3-7-15(21)8-4-13)23-24(18)16-9-5-14(20)6-10-16/h3-10,12H,2,11H2,1H3,(H,22,25). The summed E-state index contributed by atoms with van der Waals surface area (Å²) in [5.41, 5.74) is 2.46. The normalized spacial score (nSPS) is 10.7. The average Bonchev–Trinajstić information content (AvgIpc) is 3.06. The maximum absolute atomic E-state index is 13.2. The molecule has 0 atom stereocenters. The van der Waals surface area contributed by atoms with Gasteiger partial charge < -0.3 is 5.32 Å². The van der Waals surface area contributed by atoms with Gasteiger partial charge in [-0.05, 0) is 61.0 Å². The first-order chi connectivity index (χ1) is 12.1. The molecule has 0 bridgehead atoms. The van der Waals surface area contributed by atoms with E-state index < -0.39 is 0 Å². The van der Waals surface area contributed by atoms with E-state index in [0.717, 1.165) is 17.7 Å². The van der Waals surface area contributed by atoms with Crippen LogP contribution in [0.15, 0.2) is 54.6 Å². The number of nitrogens with one attached hydrogen (secondary N) is 1. The van der Waals surface area contributed by atoms with Gasteiger partial charge >= 0.3 is 0 Å². The molecule has 1 aromatic heterocycles. The number of carbonyl (C=O) groups is 1. The molecule has 25 heavy (non-hydrogen) atoms. The van der Waals surface area contributed by atoms with Crippen LogP contribution < -0.4 is 5.32 Å². The van der Waals surface area contributed by atoms with Crippen LogP contribution >= 0.6 is 11.6 Å². The number of halogens is 2. The molecule has 0 aliphatic heterocycles. The summed E-state index contributed by atoms with van der Waals surface area (Å²) in [7, 11) is 0. The lowest BCUT2D eigenvalue weighted by atomic mass is 10.1. The number of amides is 1. The zero-order chi connectivity index (χ0) is 17.8. The van der Waals surface area contributed by atoms with Gasteiger partial charge in [-0.1, -0.05) is 18.5 Å². The summed E-state index contributed by atoms with van der Waals surface area (Å²) in [4.78, 5) is 12.5. The van der Waals surface area contributed by atoms with E-state index >= 15 is 0 Å². The van der Waals surface area contributed by atoms with Gasteiger partial charge in [0.05, 0.1) is 11.4 Å². The molecule has 3 rings (SSSR count). The van der Waals surface area contributed by atoms with Crippen molar-refractivity contribution in [1.82, 2.24) is 15.1 Å². The molecule has 0 saturated heterocycles. The highest BCUT2D eigenvalue weighted by Gasteiger charge is 2.17. The third-order valence-electron chi connectivity index (χ3n) is 3.69. The van der Waals surface area contributed by atoms with Crippen LogP contribution in [0.2, 0.25) is 5.02 Å². The van der Waals surface area contributed by atoms with Crippen molar-refractivity contribution in [1.29, 1.82) is 0 Å². The molecular weight excluding hydrogens is 341 g/mol. The zero-order valence-electron chi connectivity index (χ0n) is 13.7. The fourth-order valence-corrected chi connectivity index (χ4v) is 2.54. The van der Waals surface area contributed by atoms with Gasteiger partial charge in [-0.15, -0.1) is 0 Å². The second-order valence-electron chi connectivity index (χ2n) is 5.57. The Labute approximate surface area is 150 Å². The Kier molecular flexibility index (Phi) is 5.14. The monoisotopic (exact) mass is 357 g/mol. The van der Waals surface area contributed by atoms with Crippen LogP contribution in [0.5, 0.6) is 0 Å². The van der Waals surface area contributed by atoms with E-state index in [1.807, 2.05) is 6.92 Å². The molecule has 128 valence electrons. The van der Waals surface area contributed by atoms with Crippen LogP contribution in [-0.2, 0) is 0 Å². The summed E-state index contributed by atoms with van der Waals surface area (Å²) >= 11 is 5.94. The Hall–Kier alpha value is -2.66. The first-order valence-corrected chi connectivity index (χ1v) is 8.36. The lowest BCUT2D eigenvalue weighted by Crippen LogP contribution is -2.26. The van der Waals surface area contributed by atoms with Crippen molar-refractivity contribution in [2.24, 2.45) is 0 Å². The van der Waals surface area contributed by atoms with Gasteiger partial charge in [0.25, 0.3) is 5.91 Å². The van der Waals surface area contributed by atoms with Crippen molar-refractivity contribution < 1.29 is 9.18 Å². The topological polar surface area (TPSA) is 46.9 Å². The van der Waals surface area contributed by atoms with E-state index in [2.05, 4.69) is 10.4 Å². The molecule has 0 unspecified atom stereocenters. The smallest absolute Gasteiger partial charge is 0.270 e. The van der Waals surface area contributed by atoms with E-state index in [1.54, 1.807) is 47.1 Å². The Morgan fingerprint density at radius 1 is 1.16 bits per heavy atom. The maximum Gasteiger partial charge on any atom is 0.270 e. The molecule has 0 saturated carbocycles. The molecule has 2 aromatic carbocycles. The highest BCUT2D eigenvalue weighted by atomic mass is 35.5. The van der Waals surface area contributed by atoms with Gasteiger partial charge in [0, 0.05) is 17.1 Å². The Morgan fingerprint density at radius 2 is 1.84 bits per heavy atom. The third-order valence-corrected chi connectivity index (χ3v) is 3.94. The van der Waals surface area contributed by atoms with Crippen LogP contribution in [0.4, 0.5) is 4.39 Å². The number of hydrogen-bond donors (Lipinski definition) is 1. The SMILES string of the molecule is CCCNC(=O)c1cc(-c2ccc(F)cc2)nn1-c1ccc(Cl)cc1. The molecule has 1 N–H and O–H groups in total. The van der Waals surface area contributed by atoms with Gasteiger partial charge in [-0.25, -0.2) is 9.07 Å². The molecule has 0 aliphatic carbocycles. The molecule has 1 heterocycles. The third kappa shape index (κ3) is 3.88. The fourth-order valence-electron chi connectivity index (χ4n) is 2.41. The van der Waals surface area contributed by atoms with E-state index in [9.17, 15) is 9.18 Å². The van der Waals surface area contributed by atoms with Gasteiger partial charge in [0.2, 0.25) is 0 Å². The first kappa shape index (κ1) is 17.2. The van der Waals surface area contributed by atoms with Gasteiger partial charge in [-0.2, -0.15) is 5.10 Å². The van der Waals surface area contributed by atoms with Crippen LogP contribution in [0.3, 0.4) is 0 Å². The van der Waals surface area contributed by atoms with Crippen molar-refractivity contribution in [3.05, 3.63) is 71.1 Å². The average molecular weight is 358 g/mol. The molecule has 6 heteroatoms. The van der Waals surface area contributed by atoms with Crippen molar-refractivity contribution in [2.45, 2.75) is 13.3 Å². The minimum absolute atomic E-state index is 0.210. The van der Waals surface area contributed by atoms with Crippen LogP contribution in [0, 0.1) is 5.82 Å². The van der Waals surface area contributed by atoms with Crippen molar-refractivity contribution in [3.63, 3.8) is 0 Å². The molecule has 0 spiro atoms. The molecule has 3 aromatic rings. The number of hydrogen-bond acceptors (Lipinski definition) is 2. The molecule has 4 nitrogen and oxygen atoms in total. The number of benzene rings is 2. The van der Waals surface area contributed by atoms with Gasteiger partial charge in [-0.3, -0.25) is 4.79 Å². The first-order valence-electron chi connectivity index (χ1n) is 7.98. The fraction of sp³-hybridized carbons (Fsp3) is 0.158. The summed E-state index contributed by atoms with van der Waals surface area (Å²) in [5.74, 6) is -0.528. The lowest BCUT2D eigenvalue weighted by Gasteiger charge is -2.07. The maximum atomic E-state index is 13.2. The molecule has 0 radical (unpaired) electrons. The second kappa shape index (κ2) is 7.49. The van der Waals surface area contributed by atoms with Gasteiger partial charge in [0.15, 0.2) is 0 Å². The minimum atomic E-state index is -0.318. The summed E-state index contributed by atoms with van der Waals surface area (Å²) in [6, 6.07) is 14.8. The highest BCUT2D eigenvalue weighted by molar-refractivity contribution is 6.30. The van der Waals surface area contributed by atoms with E-state index in [0.29, 0.717) is 23.0 Å². The number of carbonyl (C=O) groups excluding carboxylic acids is 1. The summed E-state index contributed by atoms with van der Waals surface area (Å²) in [5, 5.41) is 7.99. The van der Waals surface area contributed by atoms with Crippen LogP contribution in [0.25, 0.3) is 16.9 Å². The van der Waals surface area contributed by atoms with Crippen molar-refractivity contribution >= 4 is 17.5 Å². The summed E-state index contributed by atoms with van der Waals surface area (Å²) in [6.45, 7) is 2.57. The van der Waals surface area contributed by atoms with Crippen LogP contribution in [0.1, 0.15) is 23.8 Å². The van der Waals surface area contributed by atoms with Crippen molar-refractivity contribution in [2.75, 3.05) is 6.54 Å². The minimum Gasteiger partial charge on any atom is -0.351 e. The van der Waals surface area contributed by atoms with Crippen molar-refractivity contribution in [3.8, 4) is 16.9 Å². The largest absolute Gasteiger partial charge is 0.351 e. The Morgan fingerprint density at radius 3 is 2.48 bits per heavy atom. The predicted octanol–water partition coefficient (Wildman–Crippen LogP) is 4.47. The van der Waals surface area contributed by atoms with E-state index in [4.69, 9.17) is 11.6 Å². The van der Waals surface area contributed by atoms with E-state index in [1.165, 1.54) is 12.1 Å². The Balaban J connectivity index is 2.05. The number of rotatable bonds is 5. The molecule has 0 aliphatic rings. The lowest BCUT2D eigenvalue weighted by molar-refractivity contribution is 0.0946. The molecule has 0 fully saturated rings. The highest BCUT2D eigenvalue weighted by Crippen LogP contribution is 2.23. The molecule has 1 amide bonds. The number of aromatic nitrogens is 2. The zero-order valence-corrected chi connectivity index (χ0v) is 14.4. The summed E-state index contributed by atoms with van der Waals surface area (Å²) in [6.07, 6.45) is 0.839. The molecular formula is C19H17ClFN3O. The van der Waals surface area contributed by atoms with Crippen LogP contribution in [-0.4, -0.2) is 22.2 Å². The predicted molar refractivity (Wildman–Crippen MR) is 96.6 cm³/mol. The van der Waals surface area contributed by atoms with Gasteiger partial charge in [0.1, 0.15) is 11.5 Å². The van der Waals surface area contributed by atoms with E-state index in [-0.39, 0.29) is 11.7 Å². The number of nitrogens with zero attached hydrogens (tertiary/aromatic N) is 2. The second-order valence-corrected chi connectivity index (χ2v) is 6.00.